The fraction of sp³-hybridized carbons (Fsp3) is 0.500. The Labute approximate surface area is 148 Å². The maximum Gasteiger partial charge on any atom is 0.277 e. The summed E-state index contributed by atoms with van der Waals surface area (Å²) in [5, 5.41) is 10.2. The molecule has 24 heavy (non-hydrogen) atoms. The first-order chi connectivity index (χ1) is 11.5. The molecule has 0 saturated carbocycles. The molecular weight excluding hydrogens is 370 g/mol. The Hall–Kier alpha value is -1.39. The van der Waals surface area contributed by atoms with Gasteiger partial charge in [0.1, 0.15) is 0 Å². The molecule has 1 saturated heterocycles. The summed E-state index contributed by atoms with van der Waals surface area (Å²) < 4.78 is 28.7. The van der Waals surface area contributed by atoms with Gasteiger partial charge in [-0.15, -0.1) is 21.5 Å². The molecule has 1 fully saturated rings. The number of amides is 1. The van der Waals surface area contributed by atoms with Crippen molar-refractivity contribution in [2.24, 2.45) is 0 Å². The quantitative estimate of drug-likeness (QED) is 0.699. The van der Waals surface area contributed by atoms with E-state index in [1.807, 2.05) is 24.4 Å². The summed E-state index contributed by atoms with van der Waals surface area (Å²) in [4.78, 5) is 14.9. The van der Waals surface area contributed by atoms with E-state index in [9.17, 15) is 13.2 Å². The van der Waals surface area contributed by atoms with Crippen LogP contribution in [0.3, 0.4) is 0 Å². The average Bonchev–Trinajstić information content (AvgIpc) is 3.26. The van der Waals surface area contributed by atoms with Gasteiger partial charge in [-0.05, 0) is 24.8 Å². The van der Waals surface area contributed by atoms with Crippen LogP contribution in [0.25, 0.3) is 10.8 Å². The normalized spacial score (nSPS) is 19.5. The number of carbonyl (C=O) groups is 1. The molecule has 0 unspecified atom stereocenters. The SMILES string of the molecule is CCN(C(=O)CSc1nnc(-c2cccs2)o1)[C@H]1CCS(=O)(=O)C1. The minimum Gasteiger partial charge on any atom is -0.410 e. The molecule has 1 aliphatic rings. The van der Waals surface area contributed by atoms with E-state index in [4.69, 9.17) is 4.42 Å². The van der Waals surface area contributed by atoms with Gasteiger partial charge in [0.2, 0.25) is 5.91 Å². The molecule has 1 aliphatic heterocycles. The molecule has 10 heteroatoms. The number of thiophene rings is 1. The van der Waals surface area contributed by atoms with Crippen LogP contribution in [0.1, 0.15) is 13.3 Å². The number of hydrogen-bond donors (Lipinski definition) is 0. The monoisotopic (exact) mass is 387 g/mol. The lowest BCUT2D eigenvalue weighted by Gasteiger charge is -2.26. The number of thioether (sulfide) groups is 1. The molecule has 0 N–H and O–H groups in total. The summed E-state index contributed by atoms with van der Waals surface area (Å²) in [7, 11) is -3.01. The van der Waals surface area contributed by atoms with Crippen LogP contribution in [0.4, 0.5) is 0 Å². The summed E-state index contributed by atoms with van der Waals surface area (Å²) in [6.45, 7) is 2.35. The van der Waals surface area contributed by atoms with E-state index in [2.05, 4.69) is 10.2 Å². The smallest absolute Gasteiger partial charge is 0.277 e. The van der Waals surface area contributed by atoms with Crippen molar-refractivity contribution < 1.29 is 17.6 Å². The molecule has 1 atom stereocenters. The zero-order chi connectivity index (χ0) is 17.2. The second-order valence-electron chi connectivity index (χ2n) is 5.38. The molecule has 0 spiro atoms. The predicted octanol–water partition coefficient (Wildman–Crippen LogP) is 1.93. The van der Waals surface area contributed by atoms with Gasteiger partial charge < -0.3 is 9.32 Å². The molecule has 2 aromatic rings. The first kappa shape index (κ1) is 17.4. The lowest BCUT2D eigenvalue weighted by Crippen LogP contribution is -2.41. The molecule has 3 heterocycles. The molecule has 2 aromatic heterocycles. The van der Waals surface area contributed by atoms with E-state index < -0.39 is 9.84 Å². The molecule has 1 amide bonds. The van der Waals surface area contributed by atoms with Gasteiger partial charge in [0.25, 0.3) is 11.1 Å². The van der Waals surface area contributed by atoms with Crippen molar-refractivity contribution in [3.8, 4) is 10.8 Å². The van der Waals surface area contributed by atoms with Crippen molar-refractivity contribution in [2.45, 2.75) is 24.6 Å². The van der Waals surface area contributed by atoms with Gasteiger partial charge in [-0.25, -0.2) is 8.42 Å². The topological polar surface area (TPSA) is 93.4 Å². The lowest BCUT2D eigenvalue weighted by atomic mass is 10.2. The molecule has 0 aliphatic carbocycles. The fourth-order valence-electron chi connectivity index (χ4n) is 2.63. The van der Waals surface area contributed by atoms with Crippen molar-refractivity contribution >= 4 is 38.8 Å². The summed E-state index contributed by atoms with van der Waals surface area (Å²) in [5.74, 6) is 0.689. The second-order valence-corrected chi connectivity index (χ2v) is 9.48. The van der Waals surface area contributed by atoms with Crippen LogP contribution in [0.15, 0.2) is 27.2 Å². The van der Waals surface area contributed by atoms with E-state index in [-0.39, 0.29) is 29.2 Å². The Kier molecular flexibility index (Phi) is 5.26. The molecule has 0 bridgehead atoms. The predicted molar refractivity (Wildman–Crippen MR) is 92.8 cm³/mol. The van der Waals surface area contributed by atoms with Crippen LogP contribution in [-0.2, 0) is 14.6 Å². The van der Waals surface area contributed by atoms with Crippen LogP contribution in [0.5, 0.6) is 0 Å². The number of carbonyl (C=O) groups excluding carboxylic acids is 1. The Bertz CT molecular complexity index is 801. The van der Waals surface area contributed by atoms with Crippen molar-refractivity contribution in [1.82, 2.24) is 15.1 Å². The van der Waals surface area contributed by atoms with Gasteiger partial charge in [0, 0.05) is 12.6 Å². The maximum atomic E-state index is 12.4. The standard InChI is InChI=1S/C14H17N3O4S3/c1-2-17(10-5-7-24(19,20)9-10)12(18)8-23-14-16-15-13(21-14)11-4-3-6-22-11/h3-4,6,10H,2,5,7-9H2,1H3/t10-/m0/s1. The molecule has 0 aromatic carbocycles. The molecule has 7 nitrogen and oxygen atoms in total. The maximum absolute atomic E-state index is 12.4. The van der Waals surface area contributed by atoms with Crippen molar-refractivity contribution in [3.05, 3.63) is 17.5 Å². The average molecular weight is 388 g/mol. The zero-order valence-electron chi connectivity index (χ0n) is 13.0. The number of rotatable bonds is 6. The van der Waals surface area contributed by atoms with Gasteiger partial charge in [0.05, 0.1) is 22.1 Å². The largest absolute Gasteiger partial charge is 0.410 e. The second kappa shape index (κ2) is 7.24. The highest BCUT2D eigenvalue weighted by molar-refractivity contribution is 7.99. The summed E-state index contributed by atoms with van der Waals surface area (Å²) in [6, 6.07) is 3.56. The number of hydrogen-bond acceptors (Lipinski definition) is 8. The lowest BCUT2D eigenvalue weighted by molar-refractivity contribution is -0.129. The summed E-state index contributed by atoms with van der Waals surface area (Å²) >= 11 is 2.67. The number of sulfone groups is 1. The van der Waals surface area contributed by atoms with Gasteiger partial charge in [-0.2, -0.15) is 0 Å². The molecule has 130 valence electrons. The van der Waals surface area contributed by atoms with E-state index >= 15 is 0 Å². The van der Waals surface area contributed by atoms with Crippen LogP contribution in [0, 0.1) is 0 Å². The van der Waals surface area contributed by atoms with Crippen LogP contribution in [-0.4, -0.2) is 59.3 Å². The van der Waals surface area contributed by atoms with Gasteiger partial charge in [-0.1, -0.05) is 17.8 Å². The van der Waals surface area contributed by atoms with Gasteiger partial charge in [0.15, 0.2) is 9.84 Å². The minimum atomic E-state index is -3.01. The van der Waals surface area contributed by atoms with Crippen LogP contribution in [0.2, 0.25) is 0 Å². The zero-order valence-corrected chi connectivity index (χ0v) is 15.5. The van der Waals surface area contributed by atoms with Gasteiger partial charge in [-0.3, -0.25) is 4.79 Å². The van der Waals surface area contributed by atoms with Crippen molar-refractivity contribution in [2.75, 3.05) is 23.8 Å². The molecular formula is C14H17N3O4S3. The fourth-order valence-corrected chi connectivity index (χ4v) is 5.66. The highest BCUT2D eigenvalue weighted by atomic mass is 32.2. The molecule has 3 rings (SSSR count). The highest BCUT2D eigenvalue weighted by Gasteiger charge is 2.33. The Morgan fingerprint density at radius 1 is 1.50 bits per heavy atom. The third-order valence-corrected chi connectivity index (χ3v) is 7.18. The first-order valence-corrected chi connectivity index (χ1v) is 11.2. The highest BCUT2D eigenvalue weighted by Crippen LogP contribution is 2.27. The van der Waals surface area contributed by atoms with E-state index in [1.54, 1.807) is 4.90 Å². The number of aromatic nitrogens is 2. The summed E-state index contributed by atoms with van der Waals surface area (Å²) in [5.41, 5.74) is 0. The minimum absolute atomic E-state index is 0.0559. The van der Waals surface area contributed by atoms with Crippen molar-refractivity contribution in [1.29, 1.82) is 0 Å². The van der Waals surface area contributed by atoms with Gasteiger partial charge >= 0.3 is 0 Å². The van der Waals surface area contributed by atoms with E-state index in [0.717, 1.165) is 4.88 Å². The number of nitrogens with zero attached hydrogens (tertiary/aromatic N) is 3. The Morgan fingerprint density at radius 2 is 2.33 bits per heavy atom. The summed E-state index contributed by atoms with van der Waals surface area (Å²) in [6.07, 6.45) is 0.510. The third kappa shape index (κ3) is 3.98. The first-order valence-electron chi connectivity index (χ1n) is 7.48. The molecule has 0 radical (unpaired) electrons. The van der Waals surface area contributed by atoms with Crippen molar-refractivity contribution in [3.63, 3.8) is 0 Å². The van der Waals surface area contributed by atoms with E-state index in [0.29, 0.717) is 24.1 Å². The van der Waals surface area contributed by atoms with Crippen LogP contribution >= 0.6 is 23.1 Å². The third-order valence-electron chi connectivity index (χ3n) is 3.77. The van der Waals surface area contributed by atoms with Crippen LogP contribution < -0.4 is 0 Å². The van der Waals surface area contributed by atoms with E-state index in [1.165, 1.54) is 23.1 Å². The Morgan fingerprint density at radius 3 is 2.96 bits per heavy atom. The Balaban J connectivity index is 1.58.